The number of likely N-dealkylation sites (tertiary alicyclic amines) is 1. The van der Waals surface area contributed by atoms with Crippen molar-refractivity contribution in [2.24, 2.45) is 5.92 Å². The van der Waals surface area contributed by atoms with Gasteiger partial charge in [0.15, 0.2) is 0 Å². The number of rotatable bonds is 4. The zero-order valence-electron chi connectivity index (χ0n) is 16.6. The number of benzene rings is 2. The summed E-state index contributed by atoms with van der Waals surface area (Å²) in [6.45, 7) is 5.98. The predicted molar refractivity (Wildman–Crippen MR) is 120 cm³/mol. The van der Waals surface area contributed by atoms with Crippen molar-refractivity contribution < 1.29 is 4.79 Å². The van der Waals surface area contributed by atoms with Gasteiger partial charge in [-0.15, -0.1) is 0 Å². The van der Waals surface area contributed by atoms with Crippen LogP contribution in [0.4, 0.5) is 5.69 Å². The van der Waals surface area contributed by atoms with Crippen LogP contribution in [0.25, 0.3) is 0 Å². The normalized spacial score (nSPS) is 18.8. The Labute approximate surface area is 183 Å². The number of hydrogen-bond acceptors (Lipinski definition) is 3. The van der Waals surface area contributed by atoms with Crippen LogP contribution in [-0.4, -0.2) is 55.0 Å². The second-order valence-electron chi connectivity index (χ2n) is 7.90. The first-order valence-corrected chi connectivity index (χ1v) is 11.1. The molecule has 2 aromatic carbocycles. The molecule has 0 aromatic heterocycles. The molecule has 2 fully saturated rings. The van der Waals surface area contributed by atoms with Gasteiger partial charge in [-0.2, -0.15) is 0 Å². The third-order valence-electron chi connectivity index (χ3n) is 6.09. The number of carbonyl (C=O) groups is 1. The van der Waals surface area contributed by atoms with Crippen LogP contribution in [-0.2, 0) is 11.3 Å². The molecule has 1 amide bonds. The van der Waals surface area contributed by atoms with Crippen LogP contribution >= 0.6 is 23.2 Å². The van der Waals surface area contributed by atoms with Gasteiger partial charge in [-0.1, -0.05) is 47.5 Å². The largest absolute Gasteiger partial charge is 0.368 e. The third-order valence-corrected chi connectivity index (χ3v) is 6.80. The number of carbonyl (C=O) groups excluding carboxylic acids is 1. The van der Waals surface area contributed by atoms with E-state index in [1.54, 1.807) is 0 Å². The topological polar surface area (TPSA) is 26.8 Å². The van der Waals surface area contributed by atoms with Crippen molar-refractivity contribution in [3.8, 4) is 0 Å². The lowest BCUT2D eigenvalue weighted by atomic mass is 9.94. The molecule has 0 atom stereocenters. The fraction of sp³-hybridized carbons (Fsp3) is 0.435. The van der Waals surface area contributed by atoms with E-state index in [9.17, 15) is 4.79 Å². The molecule has 2 aliphatic rings. The van der Waals surface area contributed by atoms with Crippen molar-refractivity contribution in [1.29, 1.82) is 0 Å². The number of anilines is 1. The van der Waals surface area contributed by atoms with E-state index in [1.807, 2.05) is 24.3 Å². The summed E-state index contributed by atoms with van der Waals surface area (Å²) in [4.78, 5) is 19.8. The molecule has 0 radical (unpaired) electrons. The number of hydrogen-bond donors (Lipinski definition) is 0. The number of nitrogens with zero attached hydrogens (tertiary/aromatic N) is 3. The molecule has 0 saturated carbocycles. The maximum Gasteiger partial charge on any atom is 0.225 e. The highest BCUT2D eigenvalue weighted by Crippen LogP contribution is 2.28. The summed E-state index contributed by atoms with van der Waals surface area (Å²) in [6.07, 6.45) is 1.81. The van der Waals surface area contributed by atoms with Crippen LogP contribution in [0.15, 0.2) is 48.5 Å². The van der Waals surface area contributed by atoms with Crippen molar-refractivity contribution in [2.45, 2.75) is 19.4 Å². The number of piperidine rings is 1. The molecule has 0 N–H and O–H groups in total. The van der Waals surface area contributed by atoms with Gasteiger partial charge in [0.25, 0.3) is 0 Å². The highest BCUT2D eigenvalue weighted by atomic mass is 35.5. The van der Waals surface area contributed by atoms with E-state index in [2.05, 4.69) is 39.0 Å². The van der Waals surface area contributed by atoms with Crippen molar-refractivity contribution >= 4 is 34.8 Å². The van der Waals surface area contributed by atoms with E-state index >= 15 is 0 Å². The van der Waals surface area contributed by atoms with E-state index in [0.717, 1.165) is 64.2 Å². The van der Waals surface area contributed by atoms with Gasteiger partial charge < -0.3 is 9.80 Å². The highest BCUT2D eigenvalue weighted by molar-refractivity contribution is 6.35. The average molecular weight is 432 g/mol. The lowest BCUT2D eigenvalue weighted by Crippen LogP contribution is -2.51. The zero-order chi connectivity index (χ0) is 20.2. The van der Waals surface area contributed by atoms with Crippen LogP contribution < -0.4 is 4.90 Å². The highest BCUT2D eigenvalue weighted by Gasteiger charge is 2.30. The molecular formula is C23H27Cl2N3O. The number of piperazine rings is 1. The predicted octanol–water partition coefficient (Wildman–Crippen LogP) is 4.55. The molecule has 0 aliphatic carbocycles. The number of halogens is 2. The van der Waals surface area contributed by atoms with Crippen molar-refractivity contribution in [3.63, 3.8) is 0 Å². The Bertz CT molecular complexity index is 809. The van der Waals surface area contributed by atoms with Crippen LogP contribution in [0.1, 0.15) is 18.4 Å². The van der Waals surface area contributed by atoms with E-state index in [4.69, 9.17) is 23.2 Å². The molecule has 0 bridgehead atoms. The third kappa shape index (κ3) is 4.88. The summed E-state index contributed by atoms with van der Waals surface area (Å²) in [5.41, 5.74) is 2.23. The van der Waals surface area contributed by atoms with Crippen LogP contribution in [0, 0.1) is 5.92 Å². The van der Waals surface area contributed by atoms with Crippen molar-refractivity contribution in [3.05, 3.63) is 64.1 Å². The van der Waals surface area contributed by atoms with Crippen LogP contribution in [0.2, 0.25) is 10.0 Å². The smallest absolute Gasteiger partial charge is 0.225 e. The molecule has 29 heavy (non-hydrogen) atoms. The minimum atomic E-state index is 0.135. The van der Waals surface area contributed by atoms with E-state index in [-0.39, 0.29) is 5.92 Å². The lowest BCUT2D eigenvalue weighted by Gasteiger charge is -2.39. The molecule has 2 heterocycles. The van der Waals surface area contributed by atoms with Gasteiger partial charge in [0, 0.05) is 59.9 Å². The van der Waals surface area contributed by atoms with Gasteiger partial charge in [-0.25, -0.2) is 0 Å². The number of amides is 1. The first kappa shape index (κ1) is 20.5. The van der Waals surface area contributed by atoms with E-state index < -0.39 is 0 Å². The SMILES string of the molecule is O=C(C1CCN(Cc2c(Cl)cccc2Cl)CC1)N1CCN(c2ccccc2)CC1. The van der Waals surface area contributed by atoms with Gasteiger partial charge in [-0.3, -0.25) is 9.69 Å². The summed E-state index contributed by atoms with van der Waals surface area (Å²) in [7, 11) is 0. The number of para-hydroxylation sites is 1. The minimum absolute atomic E-state index is 0.135. The molecule has 154 valence electrons. The van der Waals surface area contributed by atoms with Crippen molar-refractivity contribution in [2.75, 3.05) is 44.2 Å². The molecule has 6 heteroatoms. The van der Waals surface area contributed by atoms with Gasteiger partial charge in [-0.05, 0) is 50.2 Å². The van der Waals surface area contributed by atoms with Crippen LogP contribution in [0.5, 0.6) is 0 Å². The summed E-state index contributed by atoms with van der Waals surface area (Å²) in [5.74, 6) is 0.462. The molecule has 4 rings (SSSR count). The molecule has 4 nitrogen and oxygen atoms in total. The van der Waals surface area contributed by atoms with Gasteiger partial charge in [0.2, 0.25) is 5.91 Å². The Morgan fingerprint density at radius 1 is 0.828 bits per heavy atom. The quantitative estimate of drug-likeness (QED) is 0.709. The summed E-state index contributed by atoms with van der Waals surface area (Å²) in [5, 5.41) is 1.43. The van der Waals surface area contributed by atoms with Crippen LogP contribution in [0.3, 0.4) is 0 Å². The Balaban J connectivity index is 1.26. The maximum absolute atomic E-state index is 13.0. The Kier molecular flexibility index (Phi) is 6.63. The molecule has 2 saturated heterocycles. The van der Waals surface area contributed by atoms with Gasteiger partial charge in [0.05, 0.1) is 0 Å². The average Bonchev–Trinajstić information content (AvgIpc) is 2.77. The Morgan fingerprint density at radius 2 is 1.45 bits per heavy atom. The summed E-state index contributed by atoms with van der Waals surface area (Å²) in [6, 6.07) is 16.1. The lowest BCUT2D eigenvalue weighted by molar-refractivity contribution is -0.137. The first-order valence-electron chi connectivity index (χ1n) is 10.4. The summed E-state index contributed by atoms with van der Waals surface area (Å²) >= 11 is 12.6. The summed E-state index contributed by atoms with van der Waals surface area (Å²) < 4.78 is 0. The van der Waals surface area contributed by atoms with E-state index in [1.165, 1.54) is 5.69 Å². The second kappa shape index (κ2) is 9.38. The molecule has 2 aliphatic heterocycles. The molecular weight excluding hydrogens is 405 g/mol. The van der Waals surface area contributed by atoms with Gasteiger partial charge >= 0.3 is 0 Å². The Morgan fingerprint density at radius 3 is 2.07 bits per heavy atom. The standard InChI is InChI=1S/C23H27Cl2N3O/c24-21-7-4-8-22(25)20(21)17-26-11-9-18(10-12-26)23(29)28-15-13-27(14-16-28)19-5-2-1-3-6-19/h1-8,18H,9-17H2. The fourth-order valence-corrected chi connectivity index (χ4v) is 4.84. The zero-order valence-corrected chi connectivity index (χ0v) is 18.1. The minimum Gasteiger partial charge on any atom is -0.368 e. The monoisotopic (exact) mass is 431 g/mol. The molecule has 2 aromatic rings. The molecule has 0 spiro atoms. The second-order valence-corrected chi connectivity index (χ2v) is 8.71. The maximum atomic E-state index is 13.0. The molecule has 0 unspecified atom stereocenters. The first-order chi connectivity index (χ1) is 14.1. The van der Waals surface area contributed by atoms with Crippen molar-refractivity contribution in [1.82, 2.24) is 9.80 Å². The Hall–Kier alpha value is -1.75. The van der Waals surface area contributed by atoms with E-state index in [0.29, 0.717) is 16.0 Å². The van der Waals surface area contributed by atoms with Gasteiger partial charge in [0.1, 0.15) is 0 Å². The fourth-order valence-electron chi connectivity index (χ4n) is 4.33.